The molecule has 0 spiro atoms. The van der Waals surface area contributed by atoms with Gasteiger partial charge in [-0.15, -0.1) is 0 Å². The second-order valence-corrected chi connectivity index (χ2v) is 7.31. The highest BCUT2D eigenvalue weighted by Crippen LogP contribution is 2.32. The number of rotatable bonds is 3. The molecular weight excluding hydrogens is 302 g/mol. The van der Waals surface area contributed by atoms with Crippen molar-refractivity contribution in [2.24, 2.45) is 11.8 Å². The fraction of sp³-hybridized carbons (Fsp3) is 0.667. The van der Waals surface area contributed by atoms with Crippen molar-refractivity contribution in [3.63, 3.8) is 0 Å². The molecule has 2 saturated heterocycles. The van der Waals surface area contributed by atoms with Gasteiger partial charge < -0.3 is 4.90 Å². The molecule has 3 aliphatic rings. The number of hydrogen-bond donors (Lipinski definition) is 2. The van der Waals surface area contributed by atoms with Gasteiger partial charge in [-0.2, -0.15) is 0 Å². The van der Waals surface area contributed by atoms with Crippen molar-refractivity contribution in [3.8, 4) is 0 Å². The van der Waals surface area contributed by atoms with Crippen LogP contribution in [0, 0.1) is 11.8 Å². The van der Waals surface area contributed by atoms with Gasteiger partial charge in [0.2, 0.25) is 5.91 Å². The Bertz CT molecular complexity index is 558. The molecule has 6 nitrogen and oxygen atoms in total. The van der Waals surface area contributed by atoms with Gasteiger partial charge in [0, 0.05) is 57.7 Å². The van der Waals surface area contributed by atoms with Crippen LogP contribution >= 0.6 is 0 Å². The molecule has 3 unspecified atom stereocenters. The number of aromatic nitrogens is 1. The summed E-state index contributed by atoms with van der Waals surface area (Å²) in [7, 11) is 0. The van der Waals surface area contributed by atoms with E-state index in [4.69, 9.17) is 0 Å². The van der Waals surface area contributed by atoms with Crippen LogP contribution in [-0.4, -0.2) is 59.5 Å². The highest BCUT2D eigenvalue weighted by atomic mass is 16.2. The number of hydrogen-bond acceptors (Lipinski definition) is 5. The van der Waals surface area contributed by atoms with Crippen LogP contribution in [0.4, 0.5) is 0 Å². The number of amides is 1. The van der Waals surface area contributed by atoms with Gasteiger partial charge in [0.05, 0.1) is 5.92 Å². The van der Waals surface area contributed by atoms with Gasteiger partial charge in [0.1, 0.15) is 0 Å². The van der Waals surface area contributed by atoms with Gasteiger partial charge in [0.25, 0.3) is 0 Å². The molecule has 3 fully saturated rings. The summed E-state index contributed by atoms with van der Waals surface area (Å²) in [5.74, 6) is 1.14. The highest BCUT2D eigenvalue weighted by molar-refractivity contribution is 5.80. The Balaban J connectivity index is 1.31. The van der Waals surface area contributed by atoms with Crippen LogP contribution in [-0.2, 0) is 11.3 Å². The Morgan fingerprint density at radius 3 is 2.92 bits per heavy atom. The Labute approximate surface area is 143 Å². The zero-order chi connectivity index (χ0) is 16.4. The Kier molecular flexibility index (Phi) is 4.78. The SMILES string of the molecule is O=C(C1CCCC2CNNC21)N1CCN(Cc2cccnc2)CC1. The summed E-state index contributed by atoms with van der Waals surface area (Å²) in [6.07, 6.45) is 7.20. The molecule has 1 saturated carbocycles. The highest BCUT2D eigenvalue weighted by Gasteiger charge is 2.41. The second-order valence-electron chi connectivity index (χ2n) is 7.31. The number of nitrogens with one attached hydrogen (secondary N) is 2. The number of pyridine rings is 1. The molecule has 1 aliphatic carbocycles. The average molecular weight is 329 g/mol. The number of fused-ring (bicyclic) bond motifs is 1. The van der Waals surface area contributed by atoms with E-state index < -0.39 is 0 Å². The third-order valence-corrected chi connectivity index (χ3v) is 5.79. The minimum atomic E-state index is 0.156. The number of carbonyl (C=O) groups is 1. The molecule has 0 aromatic carbocycles. The molecule has 1 amide bonds. The first-order valence-electron chi connectivity index (χ1n) is 9.20. The summed E-state index contributed by atoms with van der Waals surface area (Å²) in [6, 6.07) is 4.43. The van der Waals surface area contributed by atoms with Gasteiger partial charge in [0.15, 0.2) is 0 Å². The van der Waals surface area contributed by atoms with Gasteiger partial charge in [-0.05, 0) is 30.4 Å². The predicted molar refractivity (Wildman–Crippen MR) is 91.9 cm³/mol. The molecule has 3 heterocycles. The van der Waals surface area contributed by atoms with Crippen LogP contribution in [0.15, 0.2) is 24.5 Å². The van der Waals surface area contributed by atoms with E-state index in [-0.39, 0.29) is 5.92 Å². The van der Waals surface area contributed by atoms with Crippen molar-refractivity contribution in [2.45, 2.75) is 31.8 Å². The first-order chi connectivity index (χ1) is 11.8. The summed E-state index contributed by atoms with van der Waals surface area (Å²) in [5.41, 5.74) is 7.85. The van der Waals surface area contributed by atoms with E-state index in [2.05, 4.69) is 31.7 Å². The summed E-state index contributed by atoms with van der Waals surface area (Å²) in [6.45, 7) is 5.53. The average Bonchev–Trinajstić information content (AvgIpc) is 3.11. The molecule has 24 heavy (non-hydrogen) atoms. The summed E-state index contributed by atoms with van der Waals surface area (Å²) >= 11 is 0. The lowest BCUT2D eigenvalue weighted by molar-refractivity contribution is -0.139. The van der Waals surface area contributed by atoms with E-state index in [0.717, 1.165) is 45.7 Å². The largest absolute Gasteiger partial charge is 0.340 e. The molecule has 3 atom stereocenters. The number of nitrogens with zero attached hydrogens (tertiary/aromatic N) is 3. The predicted octanol–water partition coefficient (Wildman–Crippen LogP) is 0.619. The molecular formula is C18H27N5O. The lowest BCUT2D eigenvalue weighted by atomic mass is 9.77. The van der Waals surface area contributed by atoms with Gasteiger partial charge in [-0.1, -0.05) is 12.5 Å². The summed E-state index contributed by atoms with van der Waals surface area (Å²) in [5, 5.41) is 0. The van der Waals surface area contributed by atoms with Crippen LogP contribution in [0.5, 0.6) is 0 Å². The number of hydrazine groups is 1. The molecule has 130 valence electrons. The summed E-state index contributed by atoms with van der Waals surface area (Å²) < 4.78 is 0. The molecule has 2 N–H and O–H groups in total. The van der Waals surface area contributed by atoms with Crippen molar-refractivity contribution >= 4 is 5.91 Å². The topological polar surface area (TPSA) is 60.5 Å². The standard InChI is InChI=1S/C18H27N5O/c24-18(16-5-1-4-15-12-20-21-17(15)16)23-9-7-22(8-10-23)13-14-3-2-6-19-11-14/h2-3,6,11,15-17,20-21H,1,4-5,7-10,12-13H2. The van der Waals surface area contributed by atoms with Crippen LogP contribution < -0.4 is 10.9 Å². The summed E-state index contributed by atoms with van der Waals surface area (Å²) in [4.78, 5) is 21.7. The maximum Gasteiger partial charge on any atom is 0.227 e. The van der Waals surface area contributed by atoms with E-state index in [1.165, 1.54) is 18.4 Å². The maximum atomic E-state index is 13.0. The van der Waals surface area contributed by atoms with Crippen molar-refractivity contribution in [1.82, 2.24) is 25.6 Å². The fourth-order valence-electron chi connectivity index (χ4n) is 4.43. The third-order valence-electron chi connectivity index (χ3n) is 5.79. The van der Waals surface area contributed by atoms with E-state index in [1.54, 1.807) is 0 Å². The zero-order valence-electron chi connectivity index (χ0n) is 14.2. The van der Waals surface area contributed by atoms with E-state index in [9.17, 15) is 4.79 Å². The van der Waals surface area contributed by atoms with Gasteiger partial charge >= 0.3 is 0 Å². The monoisotopic (exact) mass is 329 g/mol. The van der Waals surface area contributed by atoms with Crippen LogP contribution in [0.3, 0.4) is 0 Å². The van der Waals surface area contributed by atoms with Crippen molar-refractivity contribution < 1.29 is 4.79 Å². The lowest BCUT2D eigenvalue weighted by Gasteiger charge is -2.39. The number of piperazine rings is 1. The fourth-order valence-corrected chi connectivity index (χ4v) is 4.43. The van der Waals surface area contributed by atoms with Crippen molar-refractivity contribution in [3.05, 3.63) is 30.1 Å². The van der Waals surface area contributed by atoms with Crippen LogP contribution in [0.25, 0.3) is 0 Å². The maximum absolute atomic E-state index is 13.0. The minimum absolute atomic E-state index is 0.156. The molecule has 1 aromatic rings. The first-order valence-corrected chi connectivity index (χ1v) is 9.20. The Morgan fingerprint density at radius 1 is 1.25 bits per heavy atom. The third kappa shape index (κ3) is 3.31. The first kappa shape index (κ1) is 16.0. The molecule has 0 radical (unpaired) electrons. The quantitative estimate of drug-likeness (QED) is 0.851. The molecule has 6 heteroatoms. The van der Waals surface area contributed by atoms with E-state index in [1.807, 2.05) is 18.5 Å². The second kappa shape index (κ2) is 7.17. The van der Waals surface area contributed by atoms with Gasteiger partial charge in [-0.25, -0.2) is 0 Å². The Hall–Kier alpha value is -1.50. The molecule has 2 aliphatic heterocycles. The van der Waals surface area contributed by atoms with Gasteiger partial charge in [-0.3, -0.25) is 25.5 Å². The van der Waals surface area contributed by atoms with Crippen molar-refractivity contribution in [1.29, 1.82) is 0 Å². The number of carbonyl (C=O) groups excluding carboxylic acids is 1. The van der Waals surface area contributed by atoms with Crippen molar-refractivity contribution in [2.75, 3.05) is 32.7 Å². The minimum Gasteiger partial charge on any atom is -0.340 e. The Morgan fingerprint density at radius 2 is 2.12 bits per heavy atom. The molecule has 0 bridgehead atoms. The molecule has 4 rings (SSSR count). The zero-order valence-corrected chi connectivity index (χ0v) is 14.2. The van der Waals surface area contributed by atoms with E-state index in [0.29, 0.717) is 17.9 Å². The normalized spacial score (nSPS) is 31.0. The molecule has 1 aromatic heterocycles. The van der Waals surface area contributed by atoms with Crippen LogP contribution in [0.1, 0.15) is 24.8 Å². The van der Waals surface area contributed by atoms with Crippen LogP contribution in [0.2, 0.25) is 0 Å². The smallest absolute Gasteiger partial charge is 0.227 e. The van der Waals surface area contributed by atoms with E-state index >= 15 is 0 Å². The lowest BCUT2D eigenvalue weighted by Crippen LogP contribution is -2.54.